The Kier molecular flexibility index (Phi) is 4.18. The molecule has 0 radical (unpaired) electrons. The summed E-state index contributed by atoms with van der Waals surface area (Å²) in [4.78, 5) is 39.9. The van der Waals surface area contributed by atoms with Gasteiger partial charge in [0.1, 0.15) is 0 Å². The summed E-state index contributed by atoms with van der Waals surface area (Å²) in [6, 6.07) is 8.17. The first-order valence-electron chi connectivity index (χ1n) is 9.10. The van der Waals surface area contributed by atoms with Crippen molar-refractivity contribution in [2.75, 3.05) is 23.3 Å². The molecule has 0 saturated carbocycles. The number of ketones is 2. The fraction of sp³-hybridized carbons (Fsp3) is 0.286. The summed E-state index contributed by atoms with van der Waals surface area (Å²) in [7, 11) is 0. The van der Waals surface area contributed by atoms with Gasteiger partial charge in [-0.25, -0.2) is 0 Å². The second-order valence-electron chi connectivity index (χ2n) is 6.97. The van der Waals surface area contributed by atoms with Crippen LogP contribution >= 0.6 is 0 Å². The lowest BCUT2D eigenvalue weighted by atomic mass is 9.82. The van der Waals surface area contributed by atoms with E-state index in [1.807, 2.05) is 4.90 Å². The minimum Gasteiger partial charge on any atom is -0.505 e. The number of phenols is 1. The van der Waals surface area contributed by atoms with Gasteiger partial charge in [-0.1, -0.05) is 24.3 Å². The van der Waals surface area contributed by atoms with Crippen molar-refractivity contribution in [3.8, 4) is 5.75 Å². The predicted molar refractivity (Wildman–Crippen MR) is 102 cm³/mol. The van der Waals surface area contributed by atoms with Crippen molar-refractivity contribution in [3.63, 3.8) is 0 Å². The number of hydrogen-bond donors (Lipinski definition) is 2. The highest BCUT2D eigenvalue weighted by Gasteiger charge is 2.36. The van der Waals surface area contributed by atoms with Gasteiger partial charge in [-0.3, -0.25) is 14.4 Å². The molecule has 1 aliphatic heterocycles. The molecule has 0 aromatic heterocycles. The van der Waals surface area contributed by atoms with Crippen LogP contribution in [0.2, 0.25) is 0 Å². The van der Waals surface area contributed by atoms with E-state index in [4.69, 9.17) is 0 Å². The number of anilines is 2. The summed E-state index contributed by atoms with van der Waals surface area (Å²) >= 11 is 0. The zero-order valence-corrected chi connectivity index (χ0v) is 15.0. The molecule has 2 aromatic rings. The van der Waals surface area contributed by atoms with Crippen molar-refractivity contribution in [1.82, 2.24) is 0 Å². The Morgan fingerprint density at radius 2 is 1.59 bits per heavy atom. The number of phenolic OH excluding ortho intramolecular Hbond substituents is 1. The number of fused-ring (bicyclic) bond motifs is 2. The van der Waals surface area contributed by atoms with Crippen molar-refractivity contribution in [3.05, 3.63) is 52.6 Å². The van der Waals surface area contributed by atoms with Crippen LogP contribution in [0.15, 0.2) is 30.3 Å². The summed E-state index contributed by atoms with van der Waals surface area (Å²) in [6.45, 7) is 2.86. The van der Waals surface area contributed by atoms with E-state index in [2.05, 4.69) is 5.32 Å². The molecule has 1 saturated heterocycles. The van der Waals surface area contributed by atoms with Crippen LogP contribution in [0.3, 0.4) is 0 Å². The van der Waals surface area contributed by atoms with Gasteiger partial charge >= 0.3 is 0 Å². The molecule has 1 heterocycles. The number of nitrogens with zero attached hydrogens (tertiary/aromatic N) is 1. The monoisotopic (exact) mass is 364 g/mol. The minimum atomic E-state index is -0.400. The molecule has 2 aromatic carbocycles. The van der Waals surface area contributed by atoms with E-state index in [0.29, 0.717) is 5.69 Å². The molecule has 1 amide bonds. The van der Waals surface area contributed by atoms with Gasteiger partial charge in [-0.05, 0) is 25.3 Å². The summed E-state index contributed by atoms with van der Waals surface area (Å²) in [6.07, 6.45) is 3.09. The first-order valence-corrected chi connectivity index (χ1v) is 9.10. The first-order chi connectivity index (χ1) is 13.0. The molecule has 6 heteroatoms. The van der Waals surface area contributed by atoms with Gasteiger partial charge in [0.2, 0.25) is 5.91 Å². The molecule has 6 nitrogen and oxygen atoms in total. The zero-order valence-electron chi connectivity index (χ0n) is 15.0. The van der Waals surface area contributed by atoms with Crippen LogP contribution < -0.4 is 10.2 Å². The minimum absolute atomic E-state index is 0.0227. The van der Waals surface area contributed by atoms with Gasteiger partial charge in [0, 0.05) is 31.1 Å². The molecule has 0 spiro atoms. The maximum Gasteiger partial charge on any atom is 0.221 e. The zero-order chi connectivity index (χ0) is 19.1. The van der Waals surface area contributed by atoms with Gasteiger partial charge in [-0.15, -0.1) is 0 Å². The second-order valence-corrected chi connectivity index (χ2v) is 6.97. The van der Waals surface area contributed by atoms with Crippen LogP contribution in [-0.4, -0.2) is 35.7 Å². The molecule has 0 atom stereocenters. The molecule has 2 aliphatic rings. The predicted octanol–water partition coefficient (Wildman–Crippen LogP) is 3.12. The lowest BCUT2D eigenvalue weighted by Gasteiger charge is -2.32. The van der Waals surface area contributed by atoms with Crippen LogP contribution in [0, 0.1) is 0 Å². The third kappa shape index (κ3) is 2.77. The lowest BCUT2D eigenvalue weighted by molar-refractivity contribution is -0.114. The number of hydrogen-bond acceptors (Lipinski definition) is 5. The molecular formula is C21H20N2O4. The Labute approximate surface area is 156 Å². The van der Waals surface area contributed by atoms with Gasteiger partial charge in [0.15, 0.2) is 17.3 Å². The van der Waals surface area contributed by atoms with Crippen molar-refractivity contribution >= 4 is 28.8 Å². The topological polar surface area (TPSA) is 86.7 Å². The van der Waals surface area contributed by atoms with Gasteiger partial charge in [0.05, 0.1) is 22.5 Å². The number of benzene rings is 2. The molecule has 4 rings (SSSR count). The Hall–Kier alpha value is -3.15. The highest BCUT2D eigenvalue weighted by atomic mass is 16.3. The van der Waals surface area contributed by atoms with E-state index in [1.165, 1.54) is 6.92 Å². The normalized spacial score (nSPS) is 16.0. The molecule has 138 valence electrons. The summed E-state index contributed by atoms with van der Waals surface area (Å²) in [5.74, 6) is -1.30. The van der Waals surface area contributed by atoms with E-state index >= 15 is 0 Å². The van der Waals surface area contributed by atoms with Gasteiger partial charge in [-0.2, -0.15) is 0 Å². The third-order valence-corrected chi connectivity index (χ3v) is 5.16. The Morgan fingerprint density at radius 3 is 2.19 bits per heavy atom. The van der Waals surface area contributed by atoms with E-state index in [0.717, 1.165) is 32.4 Å². The number of piperidine rings is 1. The first kappa shape index (κ1) is 17.3. The standard InChI is InChI=1S/C21H20N2O4/c1-12(24)22-15-11-16(23-9-5-2-6-10-23)21(27)18-17(15)19(25)13-7-3-4-8-14(13)20(18)26/h3-4,7-8,11,27H,2,5-6,9-10H2,1H3,(H,22,24). The van der Waals surface area contributed by atoms with E-state index in [1.54, 1.807) is 30.3 Å². The van der Waals surface area contributed by atoms with Crippen molar-refractivity contribution in [2.24, 2.45) is 0 Å². The van der Waals surface area contributed by atoms with Crippen LogP contribution in [-0.2, 0) is 4.79 Å². The number of nitrogens with one attached hydrogen (secondary N) is 1. The summed E-state index contributed by atoms with van der Waals surface area (Å²) in [5.41, 5.74) is 1.35. The largest absolute Gasteiger partial charge is 0.505 e. The maximum absolute atomic E-state index is 13.1. The van der Waals surface area contributed by atoms with E-state index in [-0.39, 0.29) is 45.4 Å². The average Bonchev–Trinajstić information content (AvgIpc) is 2.67. The van der Waals surface area contributed by atoms with Crippen LogP contribution in [0.4, 0.5) is 11.4 Å². The second kappa shape index (κ2) is 6.54. The Bertz CT molecular complexity index is 974. The fourth-order valence-corrected chi connectivity index (χ4v) is 3.93. The summed E-state index contributed by atoms with van der Waals surface area (Å²) in [5, 5.41) is 13.6. The molecule has 2 N–H and O–H groups in total. The Morgan fingerprint density at radius 1 is 1.00 bits per heavy atom. The van der Waals surface area contributed by atoms with Crippen LogP contribution in [0.5, 0.6) is 5.75 Å². The number of carbonyl (C=O) groups excluding carboxylic acids is 3. The lowest BCUT2D eigenvalue weighted by Crippen LogP contribution is -2.31. The van der Waals surface area contributed by atoms with Crippen molar-refractivity contribution in [1.29, 1.82) is 0 Å². The van der Waals surface area contributed by atoms with Crippen molar-refractivity contribution < 1.29 is 19.5 Å². The van der Waals surface area contributed by atoms with Gasteiger partial charge in [0.25, 0.3) is 0 Å². The quantitative estimate of drug-likeness (QED) is 0.682. The van der Waals surface area contributed by atoms with Crippen LogP contribution in [0.25, 0.3) is 0 Å². The fourth-order valence-electron chi connectivity index (χ4n) is 3.93. The molecule has 27 heavy (non-hydrogen) atoms. The number of amides is 1. The molecule has 1 aliphatic carbocycles. The highest BCUT2D eigenvalue weighted by molar-refractivity contribution is 6.32. The SMILES string of the molecule is CC(=O)Nc1cc(N2CCCCC2)c(O)c2c1C(=O)c1ccccc1C2=O. The molecule has 1 fully saturated rings. The van der Waals surface area contributed by atoms with E-state index < -0.39 is 5.78 Å². The number of aromatic hydroxyl groups is 1. The van der Waals surface area contributed by atoms with Crippen molar-refractivity contribution in [2.45, 2.75) is 26.2 Å². The smallest absolute Gasteiger partial charge is 0.221 e. The average molecular weight is 364 g/mol. The maximum atomic E-state index is 13.1. The van der Waals surface area contributed by atoms with E-state index in [9.17, 15) is 19.5 Å². The molecule has 0 bridgehead atoms. The number of carbonyl (C=O) groups is 3. The third-order valence-electron chi connectivity index (χ3n) is 5.16. The molecular weight excluding hydrogens is 344 g/mol. The number of rotatable bonds is 2. The van der Waals surface area contributed by atoms with Crippen LogP contribution in [0.1, 0.15) is 58.0 Å². The Balaban J connectivity index is 1.96. The summed E-state index contributed by atoms with van der Waals surface area (Å²) < 4.78 is 0. The van der Waals surface area contributed by atoms with Gasteiger partial charge < -0.3 is 15.3 Å². The molecule has 0 unspecified atom stereocenters. The highest BCUT2D eigenvalue weighted by Crippen LogP contribution is 2.43.